The van der Waals surface area contributed by atoms with Crippen molar-refractivity contribution in [1.29, 1.82) is 0 Å². The number of amides is 2. The summed E-state index contributed by atoms with van der Waals surface area (Å²) in [7, 11) is 0. The molecule has 0 radical (unpaired) electrons. The molecule has 0 aliphatic carbocycles. The van der Waals surface area contributed by atoms with Gasteiger partial charge in [0.2, 0.25) is 5.91 Å². The lowest BCUT2D eigenvalue weighted by Crippen LogP contribution is -2.51. The largest absolute Gasteiger partial charge is 0.464 e. The molecule has 1 fully saturated rings. The second-order valence-corrected chi connectivity index (χ2v) is 6.60. The molecule has 1 atom stereocenters. The molecule has 0 spiro atoms. The van der Waals surface area contributed by atoms with Crippen LogP contribution in [0.2, 0.25) is 0 Å². The van der Waals surface area contributed by atoms with Gasteiger partial charge in [0.15, 0.2) is 6.61 Å². The van der Waals surface area contributed by atoms with E-state index in [1.165, 1.54) is 11.2 Å². The van der Waals surface area contributed by atoms with E-state index >= 15 is 0 Å². The number of rotatable bonds is 5. The lowest BCUT2D eigenvalue weighted by molar-refractivity contribution is -0.154. The molecule has 1 aliphatic heterocycles. The number of fused-ring (bicyclic) bond motifs is 1. The van der Waals surface area contributed by atoms with E-state index < -0.39 is 30.4 Å². The van der Waals surface area contributed by atoms with Gasteiger partial charge in [0.1, 0.15) is 11.6 Å². The van der Waals surface area contributed by atoms with Crippen LogP contribution in [0, 0.1) is 6.92 Å². The lowest BCUT2D eigenvalue weighted by Gasteiger charge is -2.33. The predicted octanol–water partition coefficient (Wildman–Crippen LogP) is 1.69. The summed E-state index contributed by atoms with van der Waals surface area (Å²) in [5.74, 6) is -1.44. The number of aryl methyl sites for hydroxylation is 1. The fraction of sp³-hybridized carbons (Fsp3) is 0.421. The van der Waals surface area contributed by atoms with Crippen molar-refractivity contribution in [3.05, 3.63) is 35.6 Å². The zero-order valence-electron chi connectivity index (χ0n) is 14.7. The van der Waals surface area contributed by atoms with Crippen LogP contribution in [-0.2, 0) is 25.5 Å². The number of carbonyl (C=O) groups is 3. The Kier molecular flexibility index (Phi) is 5.25. The number of benzene rings is 1. The molecule has 0 unspecified atom stereocenters. The number of likely N-dealkylation sites (tertiary alicyclic amines) is 1. The summed E-state index contributed by atoms with van der Waals surface area (Å²) in [6.45, 7) is 2.02. The maximum atomic E-state index is 12.3. The highest BCUT2D eigenvalue weighted by molar-refractivity contribution is 5.89. The minimum atomic E-state index is -0.615. The maximum absolute atomic E-state index is 12.3. The van der Waals surface area contributed by atoms with Gasteiger partial charge in [0.25, 0.3) is 5.91 Å². The average molecular weight is 358 g/mol. The third-order valence-electron chi connectivity index (χ3n) is 4.65. The van der Waals surface area contributed by atoms with Crippen molar-refractivity contribution in [1.82, 2.24) is 4.90 Å². The first-order valence-electron chi connectivity index (χ1n) is 8.67. The minimum Gasteiger partial charge on any atom is -0.464 e. The van der Waals surface area contributed by atoms with Crippen LogP contribution in [0.1, 0.15) is 30.4 Å². The van der Waals surface area contributed by atoms with Crippen LogP contribution in [0.5, 0.6) is 0 Å². The predicted molar refractivity (Wildman–Crippen MR) is 94.2 cm³/mol. The fourth-order valence-corrected chi connectivity index (χ4v) is 3.28. The molecule has 1 aromatic heterocycles. The summed E-state index contributed by atoms with van der Waals surface area (Å²) in [6, 6.07) is 5.12. The van der Waals surface area contributed by atoms with Gasteiger partial charge in [-0.2, -0.15) is 0 Å². The maximum Gasteiger partial charge on any atom is 0.310 e. The molecule has 2 amide bonds. The van der Waals surface area contributed by atoms with Crippen LogP contribution in [0.15, 0.2) is 28.9 Å². The summed E-state index contributed by atoms with van der Waals surface area (Å²) in [6.07, 6.45) is 3.76. The van der Waals surface area contributed by atoms with Crippen molar-refractivity contribution in [3.63, 3.8) is 0 Å². The zero-order chi connectivity index (χ0) is 18.7. The number of hydrogen-bond donors (Lipinski definition) is 1. The number of nitrogens with zero attached hydrogens (tertiary/aromatic N) is 1. The SMILES string of the molecule is Cc1ccc2c(CC(=O)OCC(=O)N3CCCC[C@H]3C(N)=O)coc2c1. The summed E-state index contributed by atoms with van der Waals surface area (Å²) in [5.41, 5.74) is 7.84. The number of piperidine rings is 1. The Bertz CT molecular complexity index is 842. The number of primary amides is 1. The molecule has 7 nitrogen and oxygen atoms in total. The van der Waals surface area contributed by atoms with Gasteiger partial charge in [-0.15, -0.1) is 0 Å². The van der Waals surface area contributed by atoms with E-state index in [0.717, 1.165) is 23.8 Å². The van der Waals surface area contributed by atoms with Crippen LogP contribution in [0.4, 0.5) is 0 Å². The Balaban J connectivity index is 1.58. The van der Waals surface area contributed by atoms with Crippen LogP contribution < -0.4 is 5.73 Å². The van der Waals surface area contributed by atoms with Crippen molar-refractivity contribution in [2.24, 2.45) is 5.73 Å². The third kappa shape index (κ3) is 3.87. The van der Waals surface area contributed by atoms with Gasteiger partial charge in [-0.25, -0.2) is 0 Å². The molecular formula is C19H22N2O5. The van der Waals surface area contributed by atoms with Crippen molar-refractivity contribution in [3.8, 4) is 0 Å². The Morgan fingerprint density at radius 3 is 2.88 bits per heavy atom. The van der Waals surface area contributed by atoms with Gasteiger partial charge in [-0.1, -0.05) is 12.1 Å². The van der Waals surface area contributed by atoms with Crippen LogP contribution in [0.3, 0.4) is 0 Å². The summed E-state index contributed by atoms with van der Waals surface area (Å²) < 4.78 is 10.6. The molecule has 2 aromatic rings. The second-order valence-electron chi connectivity index (χ2n) is 6.60. The number of carbonyl (C=O) groups excluding carboxylic acids is 3. The monoisotopic (exact) mass is 358 g/mol. The number of furan rings is 1. The van der Waals surface area contributed by atoms with Crippen LogP contribution in [0.25, 0.3) is 11.0 Å². The van der Waals surface area contributed by atoms with Crippen molar-refractivity contribution in [2.75, 3.05) is 13.2 Å². The number of esters is 1. The van der Waals surface area contributed by atoms with E-state index in [2.05, 4.69) is 0 Å². The van der Waals surface area contributed by atoms with Crippen LogP contribution in [-0.4, -0.2) is 41.9 Å². The molecule has 1 saturated heterocycles. The van der Waals surface area contributed by atoms with Crippen molar-refractivity contribution in [2.45, 2.75) is 38.6 Å². The van der Waals surface area contributed by atoms with E-state index in [0.29, 0.717) is 24.1 Å². The number of hydrogen-bond acceptors (Lipinski definition) is 5. The van der Waals surface area contributed by atoms with Gasteiger partial charge in [0, 0.05) is 17.5 Å². The first-order valence-corrected chi connectivity index (χ1v) is 8.67. The molecule has 2 heterocycles. The first-order chi connectivity index (χ1) is 12.5. The Hall–Kier alpha value is -2.83. The van der Waals surface area contributed by atoms with E-state index in [-0.39, 0.29) is 6.42 Å². The lowest BCUT2D eigenvalue weighted by atomic mass is 10.0. The van der Waals surface area contributed by atoms with Gasteiger partial charge in [-0.05, 0) is 37.8 Å². The van der Waals surface area contributed by atoms with E-state index in [1.807, 2.05) is 25.1 Å². The highest BCUT2D eigenvalue weighted by Crippen LogP contribution is 2.23. The molecular weight excluding hydrogens is 336 g/mol. The van der Waals surface area contributed by atoms with Crippen molar-refractivity contribution >= 4 is 28.8 Å². The molecule has 26 heavy (non-hydrogen) atoms. The topological polar surface area (TPSA) is 103 Å². The van der Waals surface area contributed by atoms with E-state index in [9.17, 15) is 14.4 Å². The van der Waals surface area contributed by atoms with Crippen molar-refractivity contribution < 1.29 is 23.5 Å². The van der Waals surface area contributed by atoms with Crippen LogP contribution >= 0.6 is 0 Å². The third-order valence-corrected chi connectivity index (χ3v) is 4.65. The molecule has 0 saturated carbocycles. The second kappa shape index (κ2) is 7.59. The molecule has 0 bridgehead atoms. The molecule has 1 aromatic carbocycles. The zero-order valence-corrected chi connectivity index (χ0v) is 14.7. The molecule has 2 N–H and O–H groups in total. The standard InChI is InChI=1S/C19H22N2O5/c1-12-5-6-14-13(10-25-16(14)8-12)9-18(23)26-11-17(22)21-7-3-2-4-15(21)19(20)24/h5-6,8,10,15H,2-4,7,9,11H2,1H3,(H2,20,24)/t15-/m0/s1. The summed E-state index contributed by atoms with van der Waals surface area (Å²) in [4.78, 5) is 37.3. The van der Waals surface area contributed by atoms with E-state index in [4.69, 9.17) is 14.9 Å². The average Bonchev–Trinajstić information content (AvgIpc) is 3.01. The molecule has 138 valence electrons. The Morgan fingerprint density at radius 2 is 2.12 bits per heavy atom. The van der Waals surface area contributed by atoms with E-state index in [1.54, 1.807) is 0 Å². The number of ether oxygens (including phenoxy) is 1. The first kappa shape index (κ1) is 18.0. The van der Waals surface area contributed by atoms with Gasteiger partial charge >= 0.3 is 5.97 Å². The summed E-state index contributed by atoms with van der Waals surface area (Å²) >= 11 is 0. The molecule has 7 heteroatoms. The minimum absolute atomic E-state index is 0.0165. The molecule has 1 aliphatic rings. The van der Waals surface area contributed by atoms with Gasteiger partial charge in [-0.3, -0.25) is 14.4 Å². The highest BCUT2D eigenvalue weighted by Gasteiger charge is 2.31. The summed E-state index contributed by atoms with van der Waals surface area (Å²) in [5, 5.41) is 0.851. The number of nitrogens with two attached hydrogens (primary N) is 1. The van der Waals surface area contributed by atoms with Gasteiger partial charge < -0.3 is 19.8 Å². The highest BCUT2D eigenvalue weighted by atomic mass is 16.5. The Morgan fingerprint density at radius 1 is 1.31 bits per heavy atom. The normalized spacial score (nSPS) is 17.3. The van der Waals surface area contributed by atoms with Gasteiger partial charge in [0.05, 0.1) is 12.7 Å². The molecule has 3 rings (SSSR count). The Labute approximate surface area is 151 Å². The fourth-order valence-electron chi connectivity index (χ4n) is 3.28. The smallest absolute Gasteiger partial charge is 0.310 e. The quantitative estimate of drug-likeness (QED) is 0.820.